The Bertz CT molecular complexity index is 540. The summed E-state index contributed by atoms with van der Waals surface area (Å²) in [6.45, 7) is 3.67. The van der Waals surface area contributed by atoms with Crippen LogP contribution >= 0.6 is 0 Å². The van der Waals surface area contributed by atoms with Crippen LogP contribution in [-0.4, -0.2) is 19.2 Å². The summed E-state index contributed by atoms with van der Waals surface area (Å²) in [5, 5.41) is 0. The minimum Gasteiger partial charge on any atom is -0.493 e. The molecule has 0 aliphatic rings. The lowest BCUT2D eigenvalue weighted by Crippen LogP contribution is -2.28. The van der Waals surface area contributed by atoms with Gasteiger partial charge < -0.3 is 19.6 Å². The van der Waals surface area contributed by atoms with Gasteiger partial charge in [0.15, 0.2) is 5.75 Å². The largest absolute Gasteiger partial charge is 0.493 e. The standard InChI is InChI=1S/C12H16N2O3/c1-12(2,13)11-14-7-5-6-8(15-3)10(16-4)9(7)17-11/h5-6H,13H2,1-4H3. The maximum atomic E-state index is 5.95. The molecule has 0 aliphatic heterocycles. The van der Waals surface area contributed by atoms with Crippen LogP contribution in [0.4, 0.5) is 0 Å². The van der Waals surface area contributed by atoms with Crippen LogP contribution < -0.4 is 15.2 Å². The van der Waals surface area contributed by atoms with Crippen LogP contribution in [0.15, 0.2) is 16.5 Å². The summed E-state index contributed by atoms with van der Waals surface area (Å²) in [6.07, 6.45) is 0. The van der Waals surface area contributed by atoms with E-state index in [1.807, 2.05) is 19.9 Å². The second-order valence-electron chi connectivity index (χ2n) is 4.39. The molecule has 0 aliphatic carbocycles. The normalized spacial score (nSPS) is 11.8. The van der Waals surface area contributed by atoms with E-state index in [9.17, 15) is 0 Å². The lowest BCUT2D eigenvalue weighted by Gasteiger charge is -2.12. The average molecular weight is 236 g/mol. The number of aromatic nitrogens is 1. The molecule has 1 aromatic heterocycles. The zero-order chi connectivity index (χ0) is 12.6. The molecule has 1 aromatic carbocycles. The molecule has 0 bridgehead atoms. The fraction of sp³-hybridized carbons (Fsp3) is 0.417. The van der Waals surface area contributed by atoms with E-state index in [2.05, 4.69) is 4.98 Å². The minimum absolute atomic E-state index is 0.471. The van der Waals surface area contributed by atoms with Crippen molar-refractivity contribution in [3.63, 3.8) is 0 Å². The molecule has 2 N–H and O–H groups in total. The molecule has 0 unspecified atom stereocenters. The molecule has 0 spiro atoms. The van der Waals surface area contributed by atoms with Crippen molar-refractivity contribution in [3.8, 4) is 11.5 Å². The molecule has 0 radical (unpaired) electrons. The molecule has 5 heteroatoms. The molecule has 0 amide bonds. The lowest BCUT2D eigenvalue weighted by molar-refractivity contribution is 0.346. The van der Waals surface area contributed by atoms with Gasteiger partial charge in [0.2, 0.25) is 17.2 Å². The first-order valence-electron chi connectivity index (χ1n) is 5.28. The molecule has 1 heterocycles. The first-order chi connectivity index (χ1) is 7.97. The molecular formula is C12H16N2O3. The molecular weight excluding hydrogens is 220 g/mol. The molecule has 2 aromatic rings. The number of fused-ring (bicyclic) bond motifs is 1. The van der Waals surface area contributed by atoms with Gasteiger partial charge in [-0.2, -0.15) is 0 Å². The topological polar surface area (TPSA) is 70.5 Å². The van der Waals surface area contributed by atoms with Crippen molar-refractivity contribution in [3.05, 3.63) is 18.0 Å². The number of ether oxygens (including phenoxy) is 2. The summed E-state index contributed by atoms with van der Waals surface area (Å²) in [6, 6.07) is 3.60. The summed E-state index contributed by atoms with van der Waals surface area (Å²) >= 11 is 0. The first kappa shape index (κ1) is 11.7. The maximum Gasteiger partial charge on any atom is 0.215 e. The van der Waals surface area contributed by atoms with Crippen molar-refractivity contribution in [2.75, 3.05) is 14.2 Å². The van der Waals surface area contributed by atoms with Gasteiger partial charge >= 0.3 is 0 Å². The number of nitrogens with two attached hydrogens (primary N) is 1. The maximum absolute atomic E-state index is 5.95. The van der Waals surface area contributed by atoms with Gasteiger partial charge in [0.1, 0.15) is 5.52 Å². The third-order valence-electron chi connectivity index (χ3n) is 2.45. The molecule has 0 saturated heterocycles. The molecule has 92 valence electrons. The lowest BCUT2D eigenvalue weighted by atomic mass is 10.1. The van der Waals surface area contributed by atoms with E-state index in [0.717, 1.165) is 0 Å². The van der Waals surface area contributed by atoms with Crippen molar-refractivity contribution in [2.24, 2.45) is 5.73 Å². The van der Waals surface area contributed by atoms with Gasteiger partial charge in [0.05, 0.1) is 19.8 Å². The molecule has 0 atom stereocenters. The van der Waals surface area contributed by atoms with Crippen LogP contribution in [0, 0.1) is 0 Å². The minimum atomic E-state index is -0.628. The number of rotatable bonds is 3. The predicted octanol–water partition coefficient (Wildman–Crippen LogP) is 2.04. The number of methoxy groups -OCH3 is 2. The SMILES string of the molecule is COc1ccc2nc(C(C)(C)N)oc2c1OC. The van der Waals surface area contributed by atoms with E-state index in [4.69, 9.17) is 19.6 Å². The molecule has 0 saturated carbocycles. The summed E-state index contributed by atoms with van der Waals surface area (Å²) < 4.78 is 16.1. The Kier molecular flexibility index (Phi) is 2.71. The highest BCUT2D eigenvalue weighted by Gasteiger charge is 2.23. The average Bonchev–Trinajstić information content (AvgIpc) is 2.70. The monoisotopic (exact) mass is 236 g/mol. The van der Waals surface area contributed by atoms with Crippen molar-refractivity contribution in [1.82, 2.24) is 4.98 Å². The van der Waals surface area contributed by atoms with Gasteiger partial charge in [-0.25, -0.2) is 4.98 Å². The Labute approximate surface area is 99.5 Å². The summed E-state index contributed by atoms with van der Waals surface area (Å²) in [5.41, 5.74) is 6.59. The Morgan fingerprint density at radius 1 is 1.24 bits per heavy atom. The Morgan fingerprint density at radius 2 is 1.94 bits per heavy atom. The van der Waals surface area contributed by atoms with Gasteiger partial charge in [0, 0.05) is 0 Å². The summed E-state index contributed by atoms with van der Waals surface area (Å²) in [4.78, 5) is 4.34. The highest BCUT2D eigenvalue weighted by molar-refractivity contribution is 5.82. The zero-order valence-corrected chi connectivity index (χ0v) is 10.4. The fourth-order valence-corrected chi connectivity index (χ4v) is 1.58. The zero-order valence-electron chi connectivity index (χ0n) is 10.4. The number of hydrogen-bond donors (Lipinski definition) is 1. The van der Waals surface area contributed by atoms with Crippen LogP contribution in [0.2, 0.25) is 0 Å². The smallest absolute Gasteiger partial charge is 0.215 e. The van der Waals surface area contributed by atoms with Crippen LogP contribution in [0.5, 0.6) is 11.5 Å². The van der Waals surface area contributed by atoms with Crippen molar-refractivity contribution in [2.45, 2.75) is 19.4 Å². The summed E-state index contributed by atoms with van der Waals surface area (Å²) in [5.74, 6) is 1.62. The highest BCUT2D eigenvalue weighted by Crippen LogP contribution is 2.36. The molecule has 2 rings (SSSR count). The third-order valence-corrected chi connectivity index (χ3v) is 2.45. The van der Waals surface area contributed by atoms with Crippen LogP contribution in [0.3, 0.4) is 0 Å². The van der Waals surface area contributed by atoms with Crippen LogP contribution in [0.1, 0.15) is 19.7 Å². The third kappa shape index (κ3) is 1.93. The second-order valence-corrected chi connectivity index (χ2v) is 4.39. The number of oxazole rings is 1. The van der Waals surface area contributed by atoms with E-state index < -0.39 is 5.54 Å². The second kappa shape index (κ2) is 3.92. The van der Waals surface area contributed by atoms with Crippen molar-refractivity contribution < 1.29 is 13.9 Å². The Morgan fingerprint density at radius 3 is 2.47 bits per heavy atom. The first-order valence-corrected chi connectivity index (χ1v) is 5.28. The van der Waals surface area contributed by atoms with E-state index in [1.165, 1.54) is 0 Å². The predicted molar refractivity (Wildman–Crippen MR) is 64.3 cm³/mol. The molecule has 5 nitrogen and oxygen atoms in total. The Hall–Kier alpha value is -1.75. The van der Waals surface area contributed by atoms with E-state index in [0.29, 0.717) is 28.5 Å². The highest BCUT2D eigenvalue weighted by atomic mass is 16.5. The summed E-state index contributed by atoms with van der Waals surface area (Å²) in [7, 11) is 3.14. The van der Waals surface area contributed by atoms with E-state index in [-0.39, 0.29) is 0 Å². The van der Waals surface area contributed by atoms with Gasteiger partial charge in [-0.15, -0.1) is 0 Å². The van der Waals surface area contributed by atoms with E-state index in [1.54, 1.807) is 20.3 Å². The van der Waals surface area contributed by atoms with Gasteiger partial charge in [-0.1, -0.05) is 0 Å². The Balaban J connectivity index is 2.69. The van der Waals surface area contributed by atoms with E-state index >= 15 is 0 Å². The number of nitrogens with zero attached hydrogens (tertiary/aromatic N) is 1. The molecule has 0 fully saturated rings. The van der Waals surface area contributed by atoms with Gasteiger partial charge in [-0.05, 0) is 26.0 Å². The number of benzene rings is 1. The van der Waals surface area contributed by atoms with Crippen molar-refractivity contribution >= 4 is 11.1 Å². The fourth-order valence-electron chi connectivity index (χ4n) is 1.58. The number of hydrogen-bond acceptors (Lipinski definition) is 5. The van der Waals surface area contributed by atoms with Crippen molar-refractivity contribution in [1.29, 1.82) is 0 Å². The van der Waals surface area contributed by atoms with Crippen LogP contribution in [-0.2, 0) is 5.54 Å². The molecule has 17 heavy (non-hydrogen) atoms. The van der Waals surface area contributed by atoms with Gasteiger partial charge in [-0.3, -0.25) is 0 Å². The van der Waals surface area contributed by atoms with Gasteiger partial charge in [0.25, 0.3) is 0 Å². The van der Waals surface area contributed by atoms with Crippen LogP contribution in [0.25, 0.3) is 11.1 Å². The quantitative estimate of drug-likeness (QED) is 0.883.